The van der Waals surface area contributed by atoms with Gasteiger partial charge in [0.15, 0.2) is 11.6 Å². The lowest BCUT2D eigenvalue weighted by Crippen LogP contribution is -1.96. The molecule has 84 valence electrons. The Hall–Kier alpha value is -1.88. The maximum atomic E-state index is 13.3. The summed E-state index contributed by atoms with van der Waals surface area (Å²) in [6.07, 6.45) is 1.37. The largest absolute Gasteiger partial charge is 0.417 e. The van der Waals surface area contributed by atoms with Gasteiger partial charge >= 0.3 is 6.08 Å². The standard InChI is InChI=1S/C11H11FN2O2/c1-7-2-3-9(12)10(4-7)16-11-14-8(5-13)6-15-11/h2-4,6H,5,13H2,1H3. The van der Waals surface area contributed by atoms with Crippen LogP contribution in [0.1, 0.15) is 11.3 Å². The third-order valence-electron chi connectivity index (χ3n) is 2.02. The minimum absolute atomic E-state index is 0.00931. The Morgan fingerprint density at radius 3 is 3.00 bits per heavy atom. The van der Waals surface area contributed by atoms with E-state index in [9.17, 15) is 4.39 Å². The zero-order valence-electron chi connectivity index (χ0n) is 8.74. The number of halogens is 1. The molecule has 1 heterocycles. The number of aromatic nitrogens is 1. The fraction of sp³-hybridized carbons (Fsp3) is 0.182. The van der Waals surface area contributed by atoms with E-state index in [1.807, 2.05) is 6.92 Å². The van der Waals surface area contributed by atoms with Crippen molar-refractivity contribution in [3.63, 3.8) is 0 Å². The summed E-state index contributed by atoms with van der Waals surface area (Å²) in [5.74, 6) is -0.372. The summed E-state index contributed by atoms with van der Waals surface area (Å²) in [6.45, 7) is 2.09. The number of nitrogens with two attached hydrogens (primary N) is 1. The van der Waals surface area contributed by atoms with Crippen LogP contribution in [0.15, 0.2) is 28.9 Å². The summed E-state index contributed by atoms with van der Waals surface area (Å²) in [5.41, 5.74) is 6.81. The smallest absolute Gasteiger partial charge is 0.399 e. The van der Waals surface area contributed by atoms with Gasteiger partial charge in [-0.3, -0.25) is 0 Å². The molecule has 0 aliphatic heterocycles. The molecule has 0 atom stereocenters. The third kappa shape index (κ3) is 2.20. The first-order valence-corrected chi connectivity index (χ1v) is 4.77. The van der Waals surface area contributed by atoms with Crippen LogP contribution in [0.2, 0.25) is 0 Å². The van der Waals surface area contributed by atoms with Crippen molar-refractivity contribution in [1.82, 2.24) is 4.98 Å². The highest BCUT2D eigenvalue weighted by molar-refractivity contribution is 5.31. The van der Waals surface area contributed by atoms with Gasteiger partial charge in [0.25, 0.3) is 0 Å². The summed E-state index contributed by atoms with van der Waals surface area (Å²) < 4.78 is 23.5. The van der Waals surface area contributed by atoms with Crippen LogP contribution in [-0.2, 0) is 6.54 Å². The average molecular weight is 222 g/mol. The van der Waals surface area contributed by atoms with Crippen molar-refractivity contribution in [3.05, 3.63) is 41.5 Å². The zero-order chi connectivity index (χ0) is 11.5. The molecule has 16 heavy (non-hydrogen) atoms. The van der Waals surface area contributed by atoms with Crippen molar-refractivity contribution in [3.8, 4) is 11.8 Å². The fourth-order valence-electron chi connectivity index (χ4n) is 1.21. The summed E-state index contributed by atoms with van der Waals surface area (Å²) in [4.78, 5) is 3.91. The lowest BCUT2D eigenvalue weighted by molar-refractivity contribution is 0.318. The van der Waals surface area contributed by atoms with Gasteiger partial charge in [0.1, 0.15) is 6.26 Å². The topological polar surface area (TPSA) is 61.3 Å². The van der Waals surface area contributed by atoms with Crippen LogP contribution >= 0.6 is 0 Å². The van der Waals surface area contributed by atoms with Crippen LogP contribution in [0.3, 0.4) is 0 Å². The van der Waals surface area contributed by atoms with Gasteiger partial charge in [-0.15, -0.1) is 0 Å². The number of nitrogens with zero attached hydrogens (tertiary/aromatic N) is 1. The van der Waals surface area contributed by atoms with Crippen LogP contribution in [-0.4, -0.2) is 4.98 Å². The molecule has 0 fully saturated rings. The monoisotopic (exact) mass is 222 g/mol. The molecule has 2 N–H and O–H groups in total. The molecule has 0 unspecified atom stereocenters. The average Bonchev–Trinajstić information content (AvgIpc) is 2.71. The lowest BCUT2D eigenvalue weighted by atomic mass is 10.2. The van der Waals surface area contributed by atoms with Crippen LogP contribution in [0.4, 0.5) is 4.39 Å². The number of rotatable bonds is 3. The molecule has 0 amide bonds. The Labute approximate surface area is 91.9 Å². The number of hydrogen-bond donors (Lipinski definition) is 1. The van der Waals surface area contributed by atoms with Crippen molar-refractivity contribution in [2.75, 3.05) is 0 Å². The lowest BCUT2D eigenvalue weighted by Gasteiger charge is -2.02. The van der Waals surface area contributed by atoms with E-state index in [1.54, 1.807) is 12.1 Å². The van der Waals surface area contributed by atoms with Crippen molar-refractivity contribution in [1.29, 1.82) is 0 Å². The summed E-state index contributed by atoms with van der Waals surface area (Å²) >= 11 is 0. The second-order valence-electron chi connectivity index (χ2n) is 3.34. The number of benzene rings is 1. The molecule has 5 heteroatoms. The SMILES string of the molecule is Cc1ccc(F)c(Oc2nc(CN)co2)c1. The number of aryl methyl sites for hydroxylation is 1. The van der Waals surface area contributed by atoms with Crippen LogP contribution in [0.25, 0.3) is 0 Å². The highest BCUT2D eigenvalue weighted by Gasteiger charge is 2.09. The van der Waals surface area contributed by atoms with Crippen LogP contribution in [0.5, 0.6) is 11.8 Å². The fourth-order valence-corrected chi connectivity index (χ4v) is 1.21. The van der Waals surface area contributed by atoms with E-state index in [2.05, 4.69) is 4.98 Å². The summed E-state index contributed by atoms with van der Waals surface area (Å²) in [7, 11) is 0. The van der Waals surface area contributed by atoms with E-state index in [1.165, 1.54) is 12.3 Å². The molecule has 0 saturated carbocycles. The van der Waals surface area contributed by atoms with Gasteiger partial charge < -0.3 is 14.9 Å². The molecule has 1 aromatic heterocycles. The summed E-state index contributed by atoms with van der Waals surface area (Å²) in [6, 6.07) is 4.56. The first-order valence-electron chi connectivity index (χ1n) is 4.77. The Morgan fingerprint density at radius 2 is 2.31 bits per heavy atom. The highest BCUT2D eigenvalue weighted by Crippen LogP contribution is 2.24. The Kier molecular flexibility index (Phi) is 2.87. The van der Waals surface area contributed by atoms with E-state index >= 15 is 0 Å². The highest BCUT2D eigenvalue weighted by atomic mass is 19.1. The number of oxazole rings is 1. The first kappa shape index (κ1) is 10.6. The number of ether oxygens (including phenoxy) is 1. The number of hydrogen-bond acceptors (Lipinski definition) is 4. The van der Waals surface area contributed by atoms with Gasteiger partial charge in [0.05, 0.1) is 5.69 Å². The van der Waals surface area contributed by atoms with Crippen molar-refractivity contribution >= 4 is 0 Å². The van der Waals surface area contributed by atoms with Crippen LogP contribution in [0, 0.1) is 12.7 Å². The second-order valence-corrected chi connectivity index (χ2v) is 3.34. The van der Waals surface area contributed by atoms with Gasteiger partial charge in [-0.05, 0) is 24.6 Å². The Balaban J connectivity index is 2.22. The molecule has 0 saturated heterocycles. The van der Waals surface area contributed by atoms with Gasteiger partial charge in [-0.2, -0.15) is 4.98 Å². The van der Waals surface area contributed by atoms with E-state index in [-0.39, 0.29) is 18.4 Å². The maximum absolute atomic E-state index is 13.3. The zero-order valence-corrected chi connectivity index (χ0v) is 8.74. The molecule has 1 aromatic carbocycles. The van der Waals surface area contributed by atoms with Gasteiger partial charge in [-0.25, -0.2) is 4.39 Å². The van der Waals surface area contributed by atoms with Gasteiger partial charge in [-0.1, -0.05) is 6.07 Å². The molecule has 2 rings (SSSR count). The van der Waals surface area contributed by atoms with Crippen molar-refractivity contribution < 1.29 is 13.5 Å². The second kappa shape index (κ2) is 4.32. The molecule has 0 bridgehead atoms. The molecule has 0 radical (unpaired) electrons. The molecule has 0 aliphatic rings. The minimum atomic E-state index is -0.460. The maximum Gasteiger partial charge on any atom is 0.399 e. The summed E-state index contributed by atoms with van der Waals surface area (Å²) in [5, 5.41) is 0. The molecule has 0 spiro atoms. The van der Waals surface area contributed by atoms with Crippen molar-refractivity contribution in [2.45, 2.75) is 13.5 Å². The van der Waals surface area contributed by atoms with Gasteiger partial charge in [0.2, 0.25) is 0 Å². The molecular weight excluding hydrogens is 211 g/mol. The molecular formula is C11H11FN2O2. The minimum Gasteiger partial charge on any atom is -0.417 e. The van der Waals surface area contributed by atoms with Crippen LogP contribution < -0.4 is 10.5 Å². The van der Waals surface area contributed by atoms with E-state index < -0.39 is 5.82 Å². The first-order chi connectivity index (χ1) is 7.69. The van der Waals surface area contributed by atoms with E-state index in [0.717, 1.165) is 5.56 Å². The molecule has 2 aromatic rings. The Morgan fingerprint density at radius 1 is 1.50 bits per heavy atom. The molecule has 0 aliphatic carbocycles. The van der Waals surface area contributed by atoms with Gasteiger partial charge in [0, 0.05) is 6.54 Å². The Bertz CT molecular complexity index is 496. The normalized spacial score (nSPS) is 10.4. The predicted molar refractivity (Wildman–Crippen MR) is 55.6 cm³/mol. The predicted octanol–water partition coefficient (Wildman–Crippen LogP) is 2.37. The molecule has 4 nitrogen and oxygen atoms in total. The third-order valence-corrected chi connectivity index (χ3v) is 2.02. The van der Waals surface area contributed by atoms with E-state index in [0.29, 0.717) is 5.69 Å². The van der Waals surface area contributed by atoms with Crippen molar-refractivity contribution in [2.24, 2.45) is 5.73 Å². The van der Waals surface area contributed by atoms with E-state index in [4.69, 9.17) is 14.9 Å². The quantitative estimate of drug-likeness (QED) is 0.866.